The smallest absolute Gasteiger partial charge is 0.234 e. The minimum atomic E-state index is -0.0987. The van der Waals surface area contributed by atoms with Crippen LogP contribution < -0.4 is 5.32 Å². The molecule has 0 fully saturated rings. The van der Waals surface area contributed by atoms with Gasteiger partial charge < -0.3 is 5.32 Å². The van der Waals surface area contributed by atoms with Crippen molar-refractivity contribution in [2.24, 2.45) is 9.98 Å². The van der Waals surface area contributed by atoms with Crippen molar-refractivity contribution < 1.29 is 4.79 Å². The summed E-state index contributed by atoms with van der Waals surface area (Å²) in [6, 6.07) is 23.4. The fourth-order valence-electron chi connectivity index (χ4n) is 3.05. The molecule has 30 heavy (non-hydrogen) atoms. The zero-order valence-electron chi connectivity index (χ0n) is 16.4. The summed E-state index contributed by atoms with van der Waals surface area (Å²) < 4.78 is 0. The quantitative estimate of drug-likeness (QED) is 0.505. The molecule has 0 aromatic heterocycles. The molecular formula is C24H20ClN3OS. The molecule has 0 spiro atoms. The van der Waals surface area contributed by atoms with Crippen LogP contribution in [0.5, 0.6) is 0 Å². The Morgan fingerprint density at radius 1 is 1.00 bits per heavy atom. The summed E-state index contributed by atoms with van der Waals surface area (Å²) >= 11 is 7.58. The maximum atomic E-state index is 12.5. The Morgan fingerprint density at radius 2 is 1.70 bits per heavy atom. The number of nitrogens with zero attached hydrogens (tertiary/aromatic N) is 2. The highest BCUT2D eigenvalue weighted by Crippen LogP contribution is 2.33. The molecule has 0 saturated carbocycles. The predicted molar refractivity (Wildman–Crippen MR) is 128 cm³/mol. The first kappa shape index (κ1) is 20.4. The van der Waals surface area contributed by atoms with Gasteiger partial charge in [-0.15, -0.1) is 11.8 Å². The second kappa shape index (κ2) is 9.28. The van der Waals surface area contributed by atoms with E-state index in [0.29, 0.717) is 17.1 Å². The zero-order valence-corrected chi connectivity index (χ0v) is 18.0. The molecule has 0 saturated heterocycles. The van der Waals surface area contributed by atoms with E-state index in [1.165, 1.54) is 11.8 Å². The summed E-state index contributed by atoms with van der Waals surface area (Å²) in [6.45, 7) is 1.93. The van der Waals surface area contributed by atoms with Gasteiger partial charge in [0.05, 0.1) is 27.9 Å². The summed E-state index contributed by atoms with van der Waals surface area (Å²) in [4.78, 5) is 22.1. The first-order valence-corrected chi connectivity index (χ1v) is 10.9. The summed E-state index contributed by atoms with van der Waals surface area (Å²) in [5, 5.41) is 4.39. The number of anilines is 1. The predicted octanol–water partition coefficient (Wildman–Crippen LogP) is 6.57. The van der Waals surface area contributed by atoms with Gasteiger partial charge in [0.1, 0.15) is 0 Å². The van der Waals surface area contributed by atoms with Crippen LogP contribution in [0.15, 0.2) is 82.8 Å². The highest BCUT2D eigenvalue weighted by atomic mass is 35.5. The standard InChI is InChI=1S/C24H20ClN3OS/c1-16-11-12-18(13-19(16)25)26-23(29)15-30-24-14-22(17-7-3-2-4-8-17)27-20-9-5-6-10-21(20)28-24/h2-13H,14-15H2,1H3,(H,26,29). The van der Waals surface area contributed by atoms with Gasteiger partial charge in [0.15, 0.2) is 0 Å². The maximum Gasteiger partial charge on any atom is 0.234 e. The lowest BCUT2D eigenvalue weighted by molar-refractivity contribution is -0.113. The highest BCUT2D eigenvalue weighted by molar-refractivity contribution is 8.14. The first-order valence-electron chi connectivity index (χ1n) is 9.57. The lowest BCUT2D eigenvalue weighted by Crippen LogP contribution is -2.16. The average molecular weight is 434 g/mol. The minimum Gasteiger partial charge on any atom is -0.325 e. The van der Waals surface area contributed by atoms with E-state index in [1.807, 2.05) is 73.7 Å². The maximum absolute atomic E-state index is 12.5. The lowest BCUT2D eigenvalue weighted by atomic mass is 10.1. The van der Waals surface area contributed by atoms with Gasteiger partial charge in [0.2, 0.25) is 5.91 Å². The van der Waals surface area contributed by atoms with Crippen molar-refractivity contribution >= 4 is 57.1 Å². The molecule has 1 heterocycles. The van der Waals surface area contributed by atoms with Gasteiger partial charge in [-0.25, -0.2) is 4.99 Å². The Hall–Kier alpha value is -2.89. The number of fused-ring (bicyclic) bond motifs is 1. The molecule has 0 unspecified atom stereocenters. The van der Waals surface area contributed by atoms with E-state index in [2.05, 4.69) is 5.32 Å². The van der Waals surface area contributed by atoms with Crippen molar-refractivity contribution in [3.63, 3.8) is 0 Å². The molecule has 3 aromatic carbocycles. The van der Waals surface area contributed by atoms with Crippen molar-refractivity contribution in [2.75, 3.05) is 11.1 Å². The summed E-state index contributed by atoms with van der Waals surface area (Å²) in [7, 11) is 0. The van der Waals surface area contributed by atoms with E-state index in [9.17, 15) is 4.79 Å². The molecule has 0 bridgehead atoms. The van der Waals surface area contributed by atoms with Gasteiger partial charge in [-0.05, 0) is 42.3 Å². The van der Waals surface area contributed by atoms with Crippen LogP contribution in [0.1, 0.15) is 17.5 Å². The monoisotopic (exact) mass is 433 g/mol. The highest BCUT2D eigenvalue weighted by Gasteiger charge is 2.16. The number of rotatable bonds is 4. The van der Waals surface area contributed by atoms with Gasteiger partial charge in [-0.2, -0.15) is 0 Å². The van der Waals surface area contributed by atoms with Crippen molar-refractivity contribution in [3.8, 4) is 0 Å². The molecule has 3 aromatic rings. The molecule has 6 heteroatoms. The topological polar surface area (TPSA) is 53.8 Å². The molecule has 4 rings (SSSR count). The second-order valence-electron chi connectivity index (χ2n) is 6.90. The van der Waals surface area contributed by atoms with E-state index in [4.69, 9.17) is 21.6 Å². The van der Waals surface area contributed by atoms with Gasteiger partial charge in [-0.3, -0.25) is 9.79 Å². The number of aryl methyl sites for hydroxylation is 1. The van der Waals surface area contributed by atoms with E-state index in [-0.39, 0.29) is 11.7 Å². The number of halogens is 1. The molecule has 1 amide bonds. The molecule has 4 nitrogen and oxygen atoms in total. The van der Waals surface area contributed by atoms with Gasteiger partial charge >= 0.3 is 0 Å². The summed E-state index contributed by atoms with van der Waals surface area (Å²) in [6.07, 6.45) is 0.576. The van der Waals surface area contributed by atoms with Crippen LogP contribution in [0.3, 0.4) is 0 Å². The number of amides is 1. The number of hydrogen-bond acceptors (Lipinski definition) is 4. The molecular weight excluding hydrogens is 414 g/mol. The fraction of sp³-hybridized carbons (Fsp3) is 0.125. The molecule has 1 N–H and O–H groups in total. The molecule has 1 aliphatic heterocycles. The van der Waals surface area contributed by atoms with Crippen molar-refractivity contribution in [1.29, 1.82) is 0 Å². The zero-order chi connectivity index (χ0) is 20.9. The summed E-state index contributed by atoms with van der Waals surface area (Å²) in [5.74, 6) is 0.160. The SMILES string of the molecule is Cc1ccc(NC(=O)CSC2=Nc3ccccc3N=C(c3ccccc3)C2)cc1Cl. The number of nitrogens with one attached hydrogen (secondary N) is 1. The summed E-state index contributed by atoms with van der Waals surface area (Å²) in [5.41, 5.74) is 5.32. The second-order valence-corrected chi connectivity index (χ2v) is 8.35. The number of carbonyl (C=O) groups is 1. The number of thioether (sulfide) groups is 1. The molecule has 0 atom stereocenters. The van der Waals surface area contributed by atoms with Crippen LogP contribution >= 0.6 is 23.4 Å². The van der Waals surface area contributed by atoms with E-state index in [1.54, 1.807) is 6.07 Å². The van der Waals surface area contributed by atoms with Crippen LogP contribution in [0, 0.1) is 6.92 Å². The Labute approximate surface area is 185 Å². The van der Waals surface area contributed by atoms with E-state index in [0.717, 1.165) is 33.3 Å². The minimum absolute atomic E-state index is 0.0987. The third-order valence-corrected chi connectivity index (χ3v) is 6.02. The van der Waals surface area contributed by atoms with E-state index >= 15 is 0 Å². The number of carbonyl (C=O) groups excluding carboxylic acids is 1. The largest absolute Gasteiger partial charge is 0.325 e. The third-order valence-electron chi connectivity index (χ3n) is 4.63. The fourth-order valence-corrected chi connectivity index (χ4v) is 4.00. The Bertz CT molecular complexity index is 1140. The number of para-hydroxylation sites is 2. The average Bonchev–Trinajstić information content (AvgIpc) is 2.95. The van der Waals surface area contributed by atoms with Crippen molar-refractivity contribution in [3.05, 3.63) is 88.9 Å². The van der Waals surface area contributed by atoms with Crippen LogP contribution in [0.25, 0.3) is 0 Å². The normalized spacial score (nSPS) is 13.0. The third kappa shape index (κ3) is 4.99. The van der Waals surface area contributed by atoms with Gasteiger partial charge in [-0.1, -0.05) is 60.1 Å². The molecule has 0 aliphatic carbocycles. The van der Waals surface area contributed by atoms with Crippen LogP contribution in [-0.4, -0.2) is 22.4 Å². The number of benzene rings is 3. The molecule has 1 aliphatic rings. The van der Waals surface area contributed by atoms with Crippen LogP contribution in [0.4, 0.5) is 17.1 Å². The number of aliphatic imine (C=N–C) groups is 2. The van der Waals surface area contributed by atoms with Gasteiger partial charge in [0.25, 0.3) is 0 Å². The first-order chi connectivity index (χ1) is 14.6. The van der Waals surface area contributed by atoms with Crippen molar-refractivity contribution in [1.82, 2.24) is 0 Å². The molecule has 150 valence electrons. The van der Waals surface area contributed by atoms with Crippen LogP contribution in [-0.2, 0) is 4.79 Å². The van der Waals surface area contributed by atoms with Crippen molar-refractivity contribution in [2.45, 2.75) is 13.3 Å². The Morgan fingerprint density at radius 3 is 2.43 bits per heavy atom. The molecule has 0 radical (unpaired) electrons. The number of hydrogen-bond donors (Lipinski definition) is 1. The Balaban J connectivity index is 1.50. The lowest BCUT2D eigenvalue weighted by Gasteiger charge is -2.09. The van der Waals surface area contributed by atoms with Gasteiger partial charge in [0, 0.05) is 17.1 Å². The van der Waals surface area contributed by atoms with Crippen LogP contribution in [0.2, 0.25) is 5.02 Å². The van der Waals surface area contributed by atoms with E-state index < -0.39 is 0 Å². The Kier molecular flexibility index (Phi) is 6.31.